The van der Waals surface area contributed by atoms with Gasteiger partial charge in [-0.2, -0.15) is 11.8 Å². The Labute approximate surface area is 340 Å². The van der Waals surface area contributed by atoms with Crippen molar-refractivity contribution in [3.63, 3.8) is 0 Å². The Bertz CT molecular complexity index is 1840. The Kier molecular flexibility index (Phi) is 16.2. The summed E-state index contributed by atoms with van der Waals surface area (Å²) in [5.74, 6) is -0.328. The molecule has 12 nitrogen and oxygen atoms in total. The van der Waals surface area contributed by atoms with Crippen LogP contribution in [0.5, 0.6) is 11.5 Å². The SMILES string of the molecule is CSC(Cc1ccccc1)[C@@H]1NC(=O)[C@@H](NC(=O)CCNC(=O)c2cccc(OCC(C)C)c2)CC(=O)N2CCCC(CCOc3ccc(C)c(c3)CNC1=O)C2. The fourth-order valence-electron chi connectivity index (χ4n) is 7.02. The van der Waals surface area contributed by atoms with Gasteiger partial charge in [0.05, 0.1) is 19.6 Å². The van der Waals surface area contributed by atoms with Gasteiger partial charge in [0.15, 0.2) is 0 Å². The molecule has 4 atom stereocenters. The van der Waals surface area contributed by atoms with E-state index in [4.69, 9.17) is 9.47 Å². The summed E-state index contributed by atoms with van der Waals surface area (Å²) in [5, 5.41) is 11.1. The first-order valence-electron chi connectivity index (χ1n) is 19.9. The van der Waals surface area contributed by atoms with E-state index in [1.165, 1.54) is 11.8 Å². The second-order valence-corrected chi connectivity index (χ2v) is 16.4. The molecule has 2 unspecified atom stereocenters. The summed E-state index contributed by atoms with van der Waals surface area (Å²) >= 11 is 1.45. The zero-order chi connectivity index (χ0) is 40.7. The van der Waals surface area contributed by atoms with Crippen LogP contribution in [0.25, 0.3) is 0 Å². The van der Waals surface area contributed by atoms with Gasteiger partial charge >= 0.3 is 0 Å². The molecular formula is C44H57N5O7S. The Balaban J connectivity index is 1.35. The van der Waals surface area contributed by atoms with Crippen molar-refractivity contribution >= 4 is 41.3 Å². The summed E-state index contributed by atoms with van der Waals surface area (Å²) in [6.45, 7) is 8.33. The van der Waals surface area contributed by atoms with Crippen LogP contribution in [0.1, 0.15) is 73.0 Å². The van der Waals surface area contributed by atoms with Crippen molar-refractivity contribution in [2.75, 3.05) is 39.1 Å². The number of fused-ring (bicyclic) bond motifs is 4. The average Bonchev–Trinajstić information content (AvgIpc) is 3.21. The van der Waals surface area contributed by atoms with Crippen molar-refractivity contribution < 1.29 is 33.4 Å². The van der Waals surface area contributed by atoms with E-state index in [0.29, 0.717) is 55.7 Å². The van der Waals surface area contributed by atoms with Crippen molar-refractivity contribution in [2.24, 2.45) is 11.8 Å². The lowest BCUT2D eigenvalue weighted by molar-refractivity contribution is -0.138. The number of thioether (sulfide) groups is 1. The summed E-state index contributed by atoms with van der Waals surface area (Å²) < 4.78 is 11.9. The monoisotopic (exact) mass is 799 g/mol. The predicted molar refractivity (Wildman–Crippen MR) is 222 cm³/mol. The van der Waals surface area contributed by atoms with Gasteiger partial charge in [0.25, 0.3) is 5.91 Å². The molecule has 13 heteroatoms. The highest BCUT2D eigenvalue weighted by atomic mass is 32.2. The maximum absolute atomic E-state index is 14.3. The van der Waals surface area contributed by atoms with Gasteiger partial charge in [-0.1, -0.05) is 56.3 Å². The van der Waals surface area contributed by atoms with Crippen LogP contribution in [0.15, 0.2) is 72.8 Å². The second-order valence-electron chi connectivity index (χ2n) is 15.3. The van der Waals surface area contributed by atoms with E-state index in [2.05, 4.69) is 21.3 Å². The smallest absolute Gasteiger partial charge is 0.251 e. The minimum atomic E-state index is -1.26. The van der Waals surface area contributed by atoms with E-state index >= 15 is 0 Å². The number of rotatable bonds is 12. The molecule has 2 heterocycles. The first-order chi connectivity index (χ1) is 27.5. The molecule has 0 spiro atoms. The maximum atomic E-state index is 14.3. The number of piperidine rings is 1. The fourth-order valence-corrected chi connectivity index (χ4v) is 7.84. The molecule has 306 valence electrons. The van der Waals surface area contributed by atoms with E-state index in [1.54, 1.807) is 29.2 Å². The van der Waals surface area contributed by atoms with Gasteiger partial charge in [-0.3, -0.25) is 24.0 Å². The van der Waals surface area contributed by atoms with Gasteiger partial charge in [0, 0.05) is 43.4 Å². The first kappa shape index (κ1) is 43.1. The Morgan fingerprint density at radius 2 is 1.81 bits per heavy atom. The van der Waals surface area contributed by atoms with Gasteiger partial charge in [0.1, 0.15) is 23.6 Å². The predicted octanol–water partition coefficient (Wildman–Crippen LogP) is 4.82. The fraction of sp³-hybridized carbons (Fsp3) is 0.477. The van der Waals surface area contributed by atoms with Crippen molar-refractivity contribution in [3.8, 4) is 11.5 Å². The summed E-state index contributed by atoms with van der Waals surface area (Å²) in [4.78, 5) is 70.4. The molecule has 57 heavy (non-hydrogen) atoms. The number of carbonyl (C=O) groups is 5. The number of carbonyl (C=O) groups excluding carboxylic acids is 5. The van der Waals surface area contributed by atoms with E-state index in [0.717, 1.165) is 36.0 Å². The lowest BCUT2D eigenvalue weighted by Gasteiger charge is -2.34. The molecule has 0 aromatic heterocycles. The Morgan fingerprint density at radius 1 is 1.00 bits per heavy atom. The summed E-state index contributed by atoms with van der Waals surface area (Å²) in [6, 6.07) is 20.1. The third-order valence-corrected chi connectivity index (χ3v) is 11.4. The Hall–Kier alpha value is -5.04. The van der Waals surface area contributed by atoms with E-state index in [1.807, 2.05) is 75.6 Å². The molecule has 1 saturated heterocycles. The van der Waals surface area contributed by atoms with Gasteiger partial charge in [-0.05, 0) is 97.7 Å². The summed E-state index contributed by atoms with van der Waals surface area (Å²) in [5.41, 5.74) is 3.28. The molecule has 2 aliphatic heterocycles. The largest absolute Gasteiger partial charge is 0.494 e. The molecule has 0 saturated carbocycles. The van der Waals surface area contributed by atoms with Crippen molar-refractivity contribution in [3.05, 3.63) is 95.1 Å². The highest BCUT2D eigenvalue weighted by Crippen LogP contribution is 2.24. The van der Waals surface area contributed by atoms with Gasteiger partial charge in [0.2, 0.25) is 23.6 Å². The zero-order valence-electron chi connectivity index (χ0n) is 33.5. The quantitative estimate of drug-likeness (QED) is 0.204. The number of nitrogens with one attached hydrogen (secondary N) is 4. The second kappa shape index (κ2) is 21.5. The van der Waals surface area contributed by atoms with Crippen LogP contribution in [0.2, 0.25) is 0 Å². The number of nitrogens with zero attached hydrogens (tertiary/aromatic N) is 1. The van der Waals surface area contributed by atoms with Crippen molar-refractivity contribution in [1.29, 1.82) is 0 Å². The van der Waals surface area contributed by atoms with Crippen molar-refractivity contribution in [1.82, 2.24) is 26.2 Å². The van der Waals surface area contributed by atoms with Gasteiger partial charge in [-0.25, -0.2) is 0 Å². The van der Waals surface area contributed by atoms with E-state index in [9.17, 15) is 24.0 Å². The number of hydrogen-bond donors (Lipinski definition) is 4. The van der Waals surface area contributed by atoms with Crippen molar-refractivity contribution in [2.45, 2.75) is 83.2 Å². The molecule has 3 aromatic rings. The number of amides is 5. The molecule has 2 aliphatic rings. The van der Waals surface area contributed by atoms with Crippen LogP contribution in [0.3, 0.4) is 0 Å². The molecule has 0 aliphatic carbocycles. The Morgan fingerprint density at radius 3 is 2.58 bits per heavy atom. The molecule has 4 bridgehead atoms. The van der Waals surface area contributed by atoms with Crippen LogP contribution < -0.4 is 30.7 Å². The van der Waals surface area contributed by atoms with Gasteiger partial charge < -0.3 is 35.6 Å². The van der Waals surface area contributed by atoms with E-state index in [-0.39, 0.29) is 54.8 Å². The number of benzene rings is 3. The molecule has 3 aromatic carbocycles. The zero-order valence-corrected chi connectivity index (χ0v) is 34.3. The molecule has 1 fully saturated rings. The molecular weight excluding hydrogens is 743 g/mol. The van der Waals surface area contributed by atoms with Crippen LogP contribution in [0, 0.1) is 18.8 Å². The molecule has 5 rings (SSSR count). The molecule has 5 amide bonds. The topological polar surface area (TPSA) is 155 Å². The number of ether oxygens (including phenoxy) is 2. The highest BCUT2D eigenvalue weighted by Gasteiger charge is 2.35. The third kappa shape index (κ3) is 13.3. The van der Waals surface area contributed by atoms with Crippen LogP contribution in [0.4, 0.5) is 0 Å². The summed E-state index contributed by atoms with van der Waals surface area (Å²) in [6.07, 6.45) is 4.49. The lowest BCUT2D eigenvalue weighted by atomic mass is 9.94. The van der Waals surface area contributed by atoms with E-state index < -0.39 is 23.9 Å². The highest BCUT2D eigenvalue weighted by molar-refractivity contribution is 7.99. The van der Waals surface area contributed by atoms with Crippen LogP contribution >= 0.6 is 11.8 Å². The normalized spacial score (nSPS) is 19.9. The number of aryl methyl sites for hydroxylation is 1. The minimum Gasteiger partial charge on any atom is -0.494 e. The first-order valence-corrected chi connectivity index (χ1v) is 21.2. The van der Waals surface area contributed by atoms with Gasteiger partial charge in [-0.15, -0.1) is 0 Å². The minimum absolute atomic E-state index is 0.00280. The van der Waals surface area contributed by atoms with Crippen LogP contribution in [-0.2, 0) is 32.1 Å². The standard InChI is InChI=1S/C44H57N5O7S/c1-29(2)28-56-35-14-8-13-33(23-35)42(52)45-19-17-39(50)47-37-25-40(51)49-20-9-12-32(27-49)18-21-55-36-16-15-30(3)34(24-36)26-46-44(54)41(48-43(37)53)38(57-4)22-31-10-6-5-7-11-31/h5-8,10-11,13-16,23-24,29,32,37-38,41H,9,12,17-22,25-28H2,1-4H3,(H,45,52)(H,46,54)(H,47,50)(H,48,53)/t32?,37-,38?,41-/m0/s1. The third-order valence-electron chi connectivity index (χ3n) is 10.3. The maximum Gasteiger partial charge on any atom is 0.251 e. The summed E-state index contributed by atoms with van der Waals surface area (Å²) in [7, 11) is 0. The van der Waals surface area contributed by atoms with Crippen LogP contribution in [-0.4, -0.2) is 90.9 Å². The lowest BCUT2D eigenvalue weighted by Crippen LogP contribution is -2.58. The average molecular weight is 800 g/mol. The number of hydrogen-bond acceptors (Lipinski definition) is 8. The molecule has 0 radical (unpaired) electrons. The molecule has 4 N–H and O–H groups in total.